The molecule has 0 saturated carbocycles. The van der Waals surface area contributed by atoms with Crippen LogP contribution in [-0.2, 0) is 9.53 Å². The van der Waals surface area contributed by atoms with Gasteiger partial charge in [-0.2, -0.15) is 0 Å². The van der Waals surface area contributed by atoms with Gasteiger partial charge >= 0.3 is 5.97 Å². The van der Waals surface area contributed by atoms with Crippen LogP contribution in [0.25, 0.3) is 22.3 Å². The molecule has 0 heterocycles. The van der Waals surface area contributed by atoms with Gasteiger partial charge in [0, 0.05) is 6.42 Å². The van der Waals surface area contributed by atoms with Crippen LogP contribution in [0.5, 0.6) is 5.75 Å². The summed E-state index contributed by atoms with van der Waals surface area (Å²) in [5.41, 5.74) is 5.75. The quantitative estimate of drug-likeness (QED) is 0.0492. The zero-order chi connectivity index (χ0) is 36.9. The van der Waals surface area contributed by atoms with E-state index in [0.29, 0.717) is 6.42 Å². The van der Waals surface area contributed by atoms with Gasteiger partial charge in [0.05, 0.1) is 6.61 Å². The van der Waals surface area contributed by atoms with Gasteiger partial charge in [0.25, 0.3) is 0 Å². The first kappa shape index (κ1) is 43.3. The maximum atomic E-state index is 12.5. The number of hydrogen-bond donors (Lipinski definition) is 0. The fourth-order valence-electron chi connectivity index (χ4n) is 7.22. The van der Waals surface area contributed by atoms with Crippen LogP contribution < -0.4 is 4.74 Å². The summed E-state index contributed by atoms with van der Waals surface area (Å²) in [4.78, 5) is 12.5. The monoisotopic (exact) mass is 711 g/mol. The van der Waals surface area contributed by atoms with Gasteiger partial charge in [-0.3, -0.25) is 4.79 Å². The Labute approximate surface area is 319 Å². The number of benzene rings is 3. The Bertz CT molecular complexity index is 1290. The molecule has 0 aromatic heterocycles. The molecular weight excluding hydrogens is 637 g/mol. The number of esters is 1. The molecule has 0 N–H and O–H groups in total. The van der Waals surface area contributed by atoms with Crippen LogP contribution in [0.1, 0.15) is 193 Å². The van der Waals surface area contributed by atoms with Gasteiger partial charge in [0.15, 0.2) is 0 Å². The fraction of sp³-hybridized carbons (Fsp3) is 0.612. The van der Waals surface area contributed by atoms with Gasteiger partial charge in [-0.05, 0) is 59.7 Å². The van der Waals surface area contributed by atoms with Gasteiger partial charge in [0.2, 0.25) is 0 Å². The Kier molecular flexibility index (Phi) is 23.7. The molecular formula is C49H74O3. The van der Waals surface area contributed by atoms with E-state index in [1.165, 1.54) is 152 Å². The van der Waals surface area contributed by atoms with Gasteiger partial charge in [-0.25, -0.2) is 0 Å². The third-order valence-corrected chi connectivity index (χ3v) is 10.6. The Hall–Kier alpha value is -3.07. The van der Waals surface area contributed by atoms with Gasteiger partial charge in [0.1, 0.15) is 11.9 Å². The summed E-state index contributed by atoms with van der Waals surface area (Å²) in [7, 11) is 0. The van der Waals surface area contributed by atoms with Gasteiger partial charge < -0.3 is 9.47 Å². The lowest BCUT2D eigenvalue weighted by atomic mass is 9.93. The summed E-state index contributed by atoms with van der Waals surface area (Å²) in [6.45, 7) is 7.32. The zero-order valence-corrected chi connectivity index (χ0v) is 33.6. The van der Waals surface area contributed by atoms with Crippen molar-refractivity contribution in [1.82, 2.24) is 0 Å². The van der Waals surface area contributed by atoms with Crippen molar-refractivity contribution in [2.24, 2.45) is 0 Å². The highest BCUT2D eigenvalue weighted by atomic mass is 16.5. The fourth-order valence-corrected chi connectivity index (χ4v) is 7.22. The van der Waals surface area contributed by atoms with E-state index in [1.54, 1.807) is 0 Å². The summed E-state index contributed by atoms with van der Waals surface area (Å²) in [5.74, 6) is 0.853. The highest BCUT2D eigenvalue weighted by Gasteiger charge is 2.13. The molecule has 52 heavy (non-hydrogen) atoms. The van der Waals surface area contributed by atoms with Crippen LogP contribution in [0.15, 0.2) is 72.8 Å². The third-order valence-electron chi connectivity index (χ3n) is 10.6. The number of rotatable bonds is 31. The molecule has 3 nitrogen and oxygen atoms in total. The smallest absolute Gasteiger partial charge is 0.306 e. The molecule has 0 radical (unpaired) electrons. The van der Waals surface area contributed by atoms with Crippen LogP contribution in [0.4, 0.5) is 0 Å². The molecule has 1 unspecified atom stereocenters. The molecule has 0 amide bonds. The lowest BCUT2D eigenvalue weighted by Gasteiger charge is -2.15. The Balaban J connectivity index is 1.32. The second kappa shape index (κ2) is 28.4. The lowest BCUT2D eigenvalue weighted by Crippen LogP contribution is -2.08. The SMILES string of the molecule is CCCCCCCCCCCCCCCOc1ccc(-c2ccccc2-c2ccc(C(C)OC(=O)CCCCCCCCCCCCC)cc2)cc1. The second-order valence-corrected chi connectivity index (χ2v) is 15.2. The standard InChI is InChI=1S/C49H74O3/c1-4-6-8-10-12-14-16-17-19-21-23-25-29-41-51-46-39-37-45(38-40-46)48-31-28-27-30-47(48)44-35-33-43(34-36-44)42(3)52-49(50)32-26-24-22-20-18-15-13-11-9-7-5-2/h27-28,30-31,33-40,42H,4-26,29,32,41H2,1-3H3. The number of ether oxygens (including phenoxy) is 2. The molecule has 3 rings (SSSR count). The Morgan fingerprint density at radius 1 is 0.481 bits per heavy atom. The van der Waals surface area contributed by atoms with Crippen molar-refractivity contribution in [2.75, 3.05) is 6.61 Å². The van der Waals surface area contributed by atoms with Crippen LogP contribution in [0, 0.1) is 0 Å². The topological polar surface area (TPSA) is 35.5 Å². The van der Waals surface area contributed by atoms with Crippen molar-refractivity contribution in [2.45, 2.75) is 187 Å². The molecule has 0 bridgehead atoms. The Morgan fingerprint density at radius 3 is 1.31 bits per heavy atom. The number of unbranched alkanes of at least 4 members (excludes halogenated alkanes) is 22. The predicted octanol–water partition coefficient (Wildman–Crippen LogP) is 15.8. The van der Waals surface area contributed by atoms with Crippen molar-refractivity contribution in [1.29, 1.82) is 0 Å². The molecule has 0 aliphatic carbocycles. The zero-order valence-electron chi connectivity index (χ0n) is 33.6. The Morgan fingerprint density at radius 2 is 0.865 bits per heavy atom. The van der Waals surface area contributed by atoms with Crippen LogP contribution in [0.2, 0.25) is 0 Å². The lowest BCUT2D eigenvalue weighted by molar-refractivity contribution is -0.148. The maximum absolute atomic E-state index is 12.5. The first-order valence-electron chi connectivity index (χ1n) is 21.7. The van der Waals surface area contributed by atoms with E-state index < -0.39 is 0 Å². The summed E-state index contributed by atoms with van der Waals surface area (Å²) >= 11 is 0. The molecule has 288 valence electrons. The van der Waals surface area contributed by atoms with E-state index in [0.717, 1.165) is 42.7 Å². The molecule has 0 spiro atoms. The van der Waals surface area contributed by atoms with E-state index in [4.69, 9.17) is 9.47 Å². The minimum Gasteiger partial charge on any atom is -0.494 e. The maximum Gasteiger partial charge on any atom is 0.306 e. The highest BCUT2D eigenvalue weighted by Crippen LogP contribution is 2.34. The largest absolute Gasteiger partial charge is 0.494 e. The molecule has 0 aliphatic rings. The molecule has 0 aliphatic heterocycles. The van der Waals surface area contributed by atoms with Crippen LogP contribution in [-0.4, -0.2) is 12.6 Å². The highest BCUT2D eigenvalue weighted by molar-refractivity contribution is 5.83. The van der Waals surface area contributed by atoms with E-state index in [-0.39, 0.29) is 12.1 Å². The summed E-state index contributed by atoms with van der Waals surface area (Å²) in [6.07, 6.45) is 32.0. The minimum absolute atomic E-state index is 0.0883. The van der Waals surface area contributed by atoms with Gasteiger partial charge in [-0.15, -0.1) is 0 Å². The van der Waals surface area contributed by atoms with Crippen molar-refractivity contribution < 1.29 is 14.3 Å². The molecule has 1 atom stereocenters. The first-order chi connectivity index (χ1) is 25.6. The van der Waals surface area contributed by atoms with E-state index in [9.17, 15) is 4.79 Å². The third kappa shape index (κ3) is 18.6. The van der Waals surface area contributed by atoms with Crippen molar-refractivity contribution in [3.63, 3.8) is 0 Å². The molecule has 0 saturated heterocycles. The van der Waals surface area contributed by atoms with Gasteiger partial charge in [-0.1, -0.05) is 216 Å². The molecule has 3 heteroatoms. The minimum atomic E-state index is -0.253. The molecule has 0 fully saturated rings. The molecule has 3 aromatic rings. The average molecular weight is 711 g/mol. The van der Waals surface area contributed by atoms with E-state index >= 15 is 0 Å². The number of carbonyl (C=O) groups is 1. The summed E-state index contributed by atoms with van der Waals surface area (Å²) in [6, 6.07) is 25.6. The normalized spacial score (nSPS) is 11.8. The van der Waals surface area contributed by atoms with Crippen molar-refractivity contribution in [3.8, 4) is 28.0 Å². The van der Waals surface area contributed by atoms with E-state index in [1.807, 2.05) is 6.92 Å². The summed E-state index contributed by atoms with van der Waals surface area (Å²) in [5, 5.41) is 0. The average Bonchev–Trinajstić information content (AvgIpc) is 3.17. The summed E-state index contributed by atoms with van der Waals surface area (Å²) < 4.78 is 11.9. The molecule has 3 aromatic carbocycles. The number of hydrogen-bond acceptors (Lipinski definition) is 3. The van der Waals surface area contributed by atoms with E-state index in [2.05, 4.69) is 86.6 Å². The predicted molar refractivity (Wildman–Crippen MR) is 224 cm³/mol. The van der Waals surface area contributed by atoms with Crippen LogP contribution in [0.3, 0.4) is 0 Å². The first-order valence-corrected chi connectivity index (χ1v) is 21.7. The van der Waals surface area contributed by atoms with Crippen LogP contribution >= 0.6 is 0 Å². The van der Waals surface area contributed by atoms with Crippen molar-refractivity contribution >= 4 is 5.97 Å². The second-order valence-electron chi connectivity index (χ2n) is 15.2. The number of carbonyl (C=O) groups excluding carboxylic acids is 1. The van der Waals surface area contributed by atoms with Crippen molar-refractivity contribution in [3.05, 3.63) is 78.4 Å².